The van der Waals surface area contributed by atoms with Crippen molar-refractivity contribution in [3.8, 4) is 40.1 Å². The molecule has 3 aromatic rings. The van der Waals surface area contributed by atoms with Crippen molar-refractivity contribution in [2.24, 2.45) is 0 Å². The topological polar surface area (TPSA) is 235 Å². The Kier molecular flexibility index (Phi) is 7.92. The molecule has 2 unspecified atom stereocenters. The number of phenols is 4. The fourth-order valence-corrected chi connectivity index (χ4v) is 3.87. The van der Waals surface area contributed by atoms with Crippen molar-refractivity contribution >= 4 is 22.9 Å². The number of carboxylic acid groups (broad SMARTS) is 1. The molecule has 208 valence electrons. The maximum Gasteiger partial charge on any atom is 0.402 e. The third-order valence-corrected chi connectivity index (χ3v) is 5.92. The standard InChI is InChI=1S/C25H24O14/c26-11-6-14(28)12-8-17(24(37-16(12)7-11)10-1-2-13(27)15(29)5-10)38-25-23(35)22(34)21(33)18(39-25)9-36-20(32)4-3-19(30)31/h1-2,5-8,18,21-23,25,33-35H,3-4,9H2,(H4-,26,27,28,29,30,31)/p+1/t18-,21+,22?,23?,25-/m1/s1. The molecule has 0 bridgehead atoms. The lowest BCUT2D eigenvalue weighted by molar-refractivity contribution is -0.278. The molecule has 0 spiro atoms. The summed E-state index contributed by atoms with van der Waals surface area (Å²) >= 11 is 0. The van der Waals surface area contributed by atoms with Gasteiger partial charge in [0, 0.05) is 18.2 Å². The van der Waals surface area contributed by atoms with Gasteiger partial charge in [0.05, 0.1) is 24.5 Å². The van der Waals surface area contributed by atoms with Gasteiger partial charge in [-0.1, -0.05) is 0 Å². The summed E-state index contributed by atoms with van der Waals surface area (Å²) in [5.74, 6) is -4.08. The van der Waals surface area contributed by atoms with Gasteiger partial charge in [-0.25, -0.2) is 4.42 Å². The number of hydrogen-bond acceptors (Lipinski definition) is 12. The van der Waals surface area contributed by atoms with Crippen molar-refractivity contribution in [2.45, 2.75) is 43.5 Å². The quantitative estimate of drug-likeness (QED) is 0.110. The van der Waals surface area contributed by atoms with Gasteiger partial charge >= 0.3 is 23.3 Å². The lowest BCUT2D eigenvalue weighted by atomic mass is 9.99. The third kappa shape index (κ3) is 6.04. The van der Waals surface area contributed by atoms with Crippen LogP contribution >= 0.6 is 0 Å². The molecule has 14 nitrogen and oxygen atoms in total. The highest BCUT2D eigenvalue weighted by molar-refractivity contribution is 5.88. The van der Waals surface area contributed by atoms with Crippen molar-refractivity contribution in [1.82, 2.24) is 0 Å². The largest absolute Gasteiger partial charge is 0.507 e. The Morgan fingerprint density at radius 3 is 2.31 bits per heavy atom. The van der Waals surface area contributed by atoms with Crippen LogP contribution in [-0.4, -0.2) is 90.1 Å². The van der Waals surface area contributed by atoms with Gasteiger partial charge in [-0.2, -0.15) is 0 Å². The highest BCUT2D eigenvalue weighted by Crippen LogP contribution is 2.42. The van der Waals surface area contributed by atoms with E-state index in [0.717, 1.165) is 18.2 Å². The van der Waals surface area contributed by atoms with Gasteiger partial charge in [0.15, 0.2) is 11.5 Å². The predicted octanol–water partition coefficient (Wildman–Crippen LogP) is 0.798. The number of ether oxygens (including phenoxy) is 3. The molecule has 0 amide bonds. The number of carboxylic acids is 1. The van der Waals surface area contributed by atoms with E-state index in [1.807, 2.05) is 0 Å². The zero-order valence-electron chi connectivity index (χ0n) is 20.0. The Morgan fingerprint density at radius 2 is 1.62 bits per heavy atom. The Bertz CT molecular complexity index is 1390. The van der Waals surface area contributed by atoms with Gasteiger partial charge in [-0.05, 0) is 12.1 Å². The van der Waals surface area contributed by atoms with E-state index in [0.29, 0.717) is 0 Å². The number of esters is 1. The second kappa shape index (κ2) is 11.2. The van der Waals surface area contributed by atoms with E-state index < -0.39 is 79.3 Å². The monoisotopic (exact) mass is 549 g/mol. The lowest BCUT2D eigenvalue weighted by Crippen LogP contribution is -2.60. The van der Waals surface area contributed by atoms with Crippen LogP contribution in [0.15, 0.2) is 40.8 Å². The van der Waals surface area contributed by atoms with Crippen LogP contribution in [-0.2, 0) is 19.1 Å². The molecule has 8 N–H and O–H groups in total. The first-order chi connectivity index (χ1) is 18.4. The first-order valence-electron chi connectivity index (χ1n) is 11.5. The normalized spacial score (nSPS) is 22.9. The minimum absolute atomic E-state index is 0.00543. The average Bonchev–Trinajstić information content (AvgIpc) is 2.88. The number of benzene rings is 2. The first-order valence-corrected chi connectivity index (χ1v) is 11.5. The molecule has 5 atom stereocenters. The minimum atomic E-state index is -1.83. The van der Waals surface area contributed by atoms with Crippen LogP contribution < -0.4 is 4.74 Å². The molecule has 1 saturated heterocycles. The van der Waals surface area contributed by atoms with Crippen LogP contribution in [0.5, 0.6) is 28.7 Å². The highest BCUT2D eigenvalue weighted by atomic mass is 16.7. The van der Waals surface area contributed by atoms with E-state index in [2.05, 4.69) is 0 Å². The predicted molar refractivity (Wildman–Crippen MR) is 128 cm³/mol. The minimum Gasteiger partial charge on any atom is -0.507 e. The number of carbonyl (C=O) groups is 2. The van der Waals surface area contributed by atoms with Crippen LogP contribution in [0.2, 0.25) is 0 Å². The van der Waals surface area contributed by atoms with Crippen molar-refractivity contribution in [3.05, 3.63) is 36.4 Å². The molecule has 4 rings (SSSR count). The number of rotatable bonds is 8. The van der Waals surface area contributed by atoms with Crippen molar-refractivity contribution in [3.63, 3.8) is 0 Å². The van der Waals surface area contributed by atoms with Gasteiger partial charge in [0.1, 0.15) is 47.9 Å². The van der Waals surface area contributed by atoms with Crippen LogP contribution in [0.25, 0.3) is 22.3 Å². The number of fused-ring (bicyclic) bond motifs is 1. The van der Waals surface area contributed by atoms with E-state index in [1.165, 1.54) is 18.2 Å². The maximum absolute atomic E-state index is 11.8. The van der Waals surface area contributed by atoms with Crippen LogP contribution in [0.1, 0.15) is 12.8 Å². The van der Waals surface area contributed by atoms with Gasteiger partial charge < -0.3 is 55.1 Å². The summed E-state index contributed by atoms with van der Waals surface area (Å²) in [6, 6.07) is 7.14. The van der Waals surface area contributed by atoms with E-state index in [-0.39, 0.29) is 33.8 Å². The molecule has 1 aliphatic heterocycles. The zero-order valence-corrected chi connectivity index (χ0v) is 20.0. The second-order valence-corrected chi connectivity index (χ2v) is 8.73. The second-order valence-electron chi connectivity index (χ2n) is 8.73. The zero-order chi connectivity index (χ0) is 28.4. The fraction of sp³-hybridized carbons (Fsp3) is 0.320. The summed E-state index contributed by atoms with van der Waals surface area (Å²) in [5, 5.41) is 79.8. The summed E-state index contributed by atoms with van der Waals surface area (Å²) in [5.41, 5.74) is 0.147. The Hall–Kier alpha value is -4.37. The number of aliphatic hydroxyl groups is 3. The molecule has 0 radical (unpaired) electrons. The Labute approximate surface area is 219 Å². The molecule has 2 heterocycles. The van der Waals surface area contributed by atoms with Crippen molar-refractivity contribution < 1.29 is 69.1 Å². The molecule has 0 aliphatic carbocycles. The van der Waals surface area contributed by atoms with E-state index in [4.69, 9.17) is 23.7 Å². The Morgan fingerprint density at radius 1 is 0.872 bits per heavy atom. The Balaban J connectivity index is 1.66. The van der Waals surface area contributed by atoms with Crippen molar-refractivity contribution in [1.29, 1.82) is 0 Å². The van der Waals surface area contributed by atoms with Crippen LogP contribution in [0.4, 0.5) is 0 Å². The molecule has 1 aliphatic rings. The lowest BCUT2D eigenvalue weighted by Gasteiger charge is -2.39. The number of aliphatic hydroxyl groups excluding tert-OH is 3. The third-order valence-electron chi connectivity index (χ3n) is 5.92. The average molecular weight is 549 g/mol. The van der Waals surface area contributed by atoms with Gasteiger partial charge in [-0.3, -0.25) is 9.59 Å². The van der Waals surface area contributed by atoms with Crippen LogP contribution in [0.3, 0.4) is 0 Å². The molecular formula is C25H25O14+. The fourth-order valence-electron chi connectivity index (χ4n) is 3.87. The summed E-state index contributed by atoms with van der Waals surface area (Å²) in [6.45, 7) is -0.607. The summed E-state index contributed by atoms with van der Waals surface area (Å²) in [6.07, 6.45) is -9.38. The number of hydrogen-bond donors (Lipinski definition) is 8. The maximum atomic E-state index is 11.8. The van der Waals surface area contributed by atoms with Gasteiger partial charge in [0.25, 0.3) is 0 Å². The molecule has 39 heavy (non-hydrogen) atoms. The molecule has 0 saturated carbocycles. The number of aromatic hydroxyl groups is 4. The number of phenolic OH excluding ortho intramolecular Hbond substituents is 4. The van der Waals surface area contributed by atoms with Gasteiger partial charge in [0.2, 0.25) is 12.0 Å². The molecule has 2 aromatic carbocycles. The summed E-state index contributed by atoms with van der Waals surface area (Å²) in [7, 11) is 0. The first kappa shape index (κ1) is 27.7. The van der Waals surface area contributed by atoms with Crippen LogP contribution in [0, 0.1) is 0 Å². The summed E-state index contributed by atoms with van der Waals surface area (Å²) in [4.78, 5) is 22.4. The van der Waals surface area contributed by atoms with E-state index in [9.17, 15) is 45.3 Å². The van der Waals surface area contributed by atoms with E-state index >= 15 is 0 Å². The summed E-state index contributed by atoms with van der Waals surface area (Å²) < 4.78 is 22.1. The van der Waals surface area contributed by atoms with E-state index in [1.54, 1.807) is 0 Å². The molecule has 1 fully saturated rings. The van der Waals surface area contributed by atoms with Gasteiger partial charge in [-0.15, -0.1) is 0 Å². The SMILES string of the molecule is O=C(O)CCC(=O)OC[C@H]1O[C@@H](Oc2cc3c(O)cc(O)cc3[o+]c2-c2ccc(O)c(O)c2)C(O)C(O)[C@H]1O. The highest BCUT2D eigenvalue weighted by Gasteiger charge is 2.46. The molecule has 1 aromatic heterocycles. The molecular weight excluding hydrogens is 524 g/mol. The molecule has 14 heteroatoms. The number of aliphatic carboxylic acids is 1. The smallest absolute Gasteiger partial charge is 0.402 e. The van der Waals surface area contributed by atoms with Crippen molar-refractivity contribution in [2.75, 3.05) is 6.61 Å². The number of carbonyl (C=O) groups excluding carboxylic acids is 1.